The van der Waals surface area contributed by atoms with Crippen molar-refractivity contribution in [1.82, 2.24) is 4.57 Å². The fraction of sp³-hybridized carbons (Fsp3) is 0.250. The number of hydrogen-bond donors (Lipinski definition) is 2. The van der Waals surface area contributed by atoms with Crippen molar-refractivity contribution in [1.29, 1.82) is 0 Å². The molecule has 0 radical (unpaired) electrons. The molecule has 0 saturated heterocycles. The molecule has 0 fully saturated rings. The van der Waals surface area contributed by atoms with Crippen LogP contribution in [0.5, 0.6) is 0 Å². The fourth-order valence-electron chi connectivity index (χ4n) is 2.02. The molecule has 0 atom stereocenters. The van der Waals surface area contributed by atoms with E-state index in [0.717, 1.165) is 22.2 Å². The van der Waals surface area contributed by atoms with Gasteiger partial charge in [-0.05, 0) is 24.6 Å². The van der Waals surface area contributed by atoms with E-state index in [2.05, 4.69) is 0 Å². The summed E-state index contributed by atoms with van der Waals surface area (Å²) in [5.74, 6) is -0.891. The Morgan fingerprint density at radius 2 is 2.19 bits per heavy atom. The lowest BCUT2D eigenvalue weighted by Crippen LogP contribution is -1.99. The van der Waals surface area contributed by atoms with Crippen molar-refractivity contribution in [2.75, 3.05) is 0 Å². The molecule has 1 aromatic heterocycles. The average Bonchev–Trinajstić information content (AvgIpc) is 2.51. The SMILES string of the molecule is Cc1c(C(=O)O)c2cc(CN)ccc2n1C. The van der Waals surface area contributed by atoms with Crippen LogP contribution < -0.4 is 5.73 Å². The van der Waals surface area contributed by atoms with E-state index < -0.39 is 5.97 Å². The van der Waals surface area contributed by atoms with Gasteiger partial charge >= 0.3 is 5.97 Å². The smallest absolute Gasteiger partial charge is 0.338 e. The highest BCUT2D eigenvalue weighted by Gasteiger charge is 2.17. The van der Waals surface area contributed by atoms with E-state index in [1.165, 1.54) is 0 Å². The third-order valence-electron chi connectivity index (χ3n) is 3.01. The molecular formula is C12H14N2O2. The molecule has 0 aliphatic rings. The molecule has 4 heteroatoms. The minimum absolute atomic E-state index is 0.368. The zero-order valence-corrected chi connectivity index (χ0v) is 9.32. The fourth-order valence-corrected chi connectivity index (χ4v) is 2.02. The van der Waals surface area contributed by atoms with Crippen molar-refractivity contribution in [3.05, 3.63) is 35.0 Å². The highest BCUT2D eigenvalue weighted by molar-refractivity contribution is 6.05. The summed E-state index contributed by atoms with van der Waals surface area (Å²) in [6, 6.07) is 5.69. The zero-order valence-electron chi connectivity index (χ0n) is 9.32. The van der Waals surface area contributed by atoms with Gasteiger partial charge in [0.2, 0.25) is 0 Å². The van der Waals surface area contributed by atoms with Crippen LogP contribution in [0, 0.1) is 6.92 Å². The van der Waals surface area contributed by atoms with Crippen molar-refractivity contribution in [3.8, 4) is 0 Å². The Morgan fingerprint density at radius 1 is 1.50 bits per heavy atom. The lowest BCUT2D eigenvalue weighted by Gasteiger charge is -1.99. The van der Waals surface area contributed by atoms with Crippen molar-refractivity contribution in [2.24, 2.45) is 12.8 Å². The summed E-state index contributed by atoms with van der Waals surface area (Å²) in [7, 11) is 1.87. The molecule has 0 aliphatic heterocycles. The van der Waals surface area contributed by atoms with Gasteiger partial charge in [0.05, 0.1) is 5.56 Å². The summed E-state index contributed by atoms with van der Waals surface area (Å²) in [6.07, 6.45) is 0. The maximum Gasteiger partial charge on any atom is 0.338 e. The molecule has 1 heterocycles. The van der Waals surface area contributed by atoms with Crippen LogP contribution in [-0.2, 0) is 13.6 Å². The first-order valence-electron chi connectivity index (χ1n) is 5.07. The zero-order chi connectivity index (χ0) is 11.9. The van der Waals surface area contributed by atoms with Gasteiger partial charge in [0.15, 0.2) is 0 Å². The monoisotopic (exact) mass is 218 g/mol. The van der Waals surface area contributed by atoms with Gasteiger partial charge in [0.1, 0.15) is 0 Å². The van der Waals surface area contributed by atoms with Crippen LogP contribution >= 0.6 is 0 Å². The molecule has 0 spiro atoms. The third-order valence-corrected chi connectivity index (χ3v) is 3.01. The van der Waals surface area contributed by atoms with Gasteiger partial charge in [-0.25, -0.2) is 4.79 Å². The van der Waals surface area contributed by atoms with Crippen molar-refractivity contribution < 1.29 is 9.90 Å². The Bertz CT molecular complexity index is 570. The second-order valence-corrected chi connectivity index (χ2v) is 3.88. The number of carboxylic acids is 1. The van der Waals surface area contributed by atoms with Gasteiger partial charge in [-0.3, -0.25) is 0 Å². The topological polar surface area (TPSA) is 68.2 Å². The van der Waals surface area contributed by atoms with E-state index in [1.807, 2.05) is 36.7 Å². The van der Waals surface area contributed by atoms with E-state index in [9.17, 15) is 9.90 Å². The molecule has 0 aliphatic carbocycles. The number of carbonyl (C=O) groups is 1. The van der Waals surface area contributed by atoms with Crippen molar-refractivity contribution in [3.63, 3.8) is 0 Å². The largest absolute Gasteiger partial charge is 0.478 e. The maximum atomic E-state index is 11.2. The van der Waals surface area contributed by atoms with Crippen LogP contribution in [0.4, 0.5) is 0 Å². The second kappa shape index (κ2) is 3.64. The van der Waals surface area contributed by atoms with E-state index in [4.69, 9.17) is 5.73 Å². The Kier molecular flexibility index (Phi) is 2.44. The third kappa shape index (κ3) is 1.39. The quantitative estimate of drug-likeness (QED) is 0.805. The number of rotatable bonds is 2. The Hall–Kier alpha value is -1.81. The van der Waals surface area contributed by atoms with Crippen LogP contribution in [0.1, 0.15) is 21.6 Å². The first-order valence-corrected chi connectivity index (χ1v) is 5.07. The summed E-state index contributed by atoms with van der Waals surface area (Å²) in [5.41, 5.74) is 8.56. The number of benzene rings is 1. The van der Waals surface area contributed by atoms with Crippen LogP contribution in [0.15, 0.2) is 18.2 Å². The summed E-state index contributed by atoms with van der Waals surface area (Å²) < 4.78 is 1.89. The van der Waals surface area contributed by atoms with Crippen LogP contribution in [0.3, 0.4) is 0 Å². The average molecular weight is 218 g/mol. The normalized spacial score (nSPS) is 10.9. The van der Waals surface area contributed by atoms with Crippen molar-refractivity contribution in [2.45, 2.75) is 13.5 Å². The van der Waals surface area contributed by atoms with Gasteiger partial charge in [-0.2, -0.15) is 0 Å². The number of aromatic nitrogens is 1. The number of aromatic carboxylic acids is 1. The molecule has 2 rings (SSSR count). The molecule has 1 aromatic carbocycles. The summed E-state index contributed by atoms with van der Waals surface area (Å²) in [5, 5.41) is 9.96. The molecule has 0 bridgehead atoms. The van der Waals surface area contributed by atoms with Crippen LogP contribution in [-0.4, -0.2) is 15.6 Å². The lowest BCUT2D eigenvalue weighted by atomic mass is 10.1. The molecular weight excluding hydrogens is 204 g/mol. The highest BCUT2D eigenvalue weighted by Crippen LogP contribution is 2.25. The Balaban J connectivity index is 2.86. The minimum atomic E-state index is -0.891. The standard InChI is InChI=1S/C12H14N2O2/c1-7-11(12(15)16)9-5-8(6-13)3-4-10(9)14(7)2/h3-5H,6,13H2,1-2H3,(H,15,16). The minimum Gasteiger partial charge on any atom is -0.478 e. The number of fused-ring (bicyclic) bond motifs is 1. The van der Waals surface area contributed by atoms with Gasteiger partial charge in [-0.15, -0.1) is 0 Å². The number of hydrogen-bond acceptors (Lipinski definition) is 2. The maximum absolute atomic E-state index is 11.2. The van der Waals surface area contributed by atoms with E-state index in [0.29, 0.717) is 12.1 Å². The second-order valence-electron chi connectivity index (χ2n) is 3.88. The Morgan fingerprint density at radius 3 is 2.75 bits per heavy atom. The van der Waals surface area contributed by atoms with Crippen LogP contribution in [0.2, 0.25) is 0 Å². The first-order chi connectivity index (χ1) is 7.56. The molecule has 0 unspecified atom stereocenters. The van der Waals surface area contributed by atoms with Gasteiger partial charge in [0, 0.05) is 30.2 Å². The van der Waals surface area contributed by atoms with Gasteiger partial charge in [-0.1, -0.05) is 6.07 Å². The molecule has 16 heavy (non-hydrogen) atoms. The number of nitrogens with two attached hydrogens (primary N) is 1. The molecule has 0 amide bonds. The predicted molar refractivity (Wildman–Crippen MR) is 62.5 cm³/mol. The number of carboxylic acid groups (broad SMARTS) is 1. The van der Waals surface area contributed by atoms with Crippen molar-refractivity contribution >= 4 is 16.9 Å². The molecule has 84 valence electrons. The van der Waals surface area contributed by atoms with E-state index in [-0.39, 0.29) is 0 Å². The molecule has 0 saturated carbocycles. The van der Waals surface area contributed by atoms with Gasteiger partial charge in [0.25, 0.3) is 0 Å². The summed E-state index contributed by atoms with van der Waals surface area (Å²) in [6.45, 7) is 2.23. The molecule has 4 nitrogen and oxygen atoms in total. The van der Waals surface area contributed by atoms with Gasteiger partial charge < -0.3 is 15.4 Å². The summed E-state index contributed by atoms with van der Waals surface area (Å²) in [4.78, 5) is 11.2. The highest BCUT2D eigenvalue weighted by atomic mass is 16.4. The lowest BCUT2D eigenvalue weighted by molar-refractivity contribution is 0.0698. The van der Waals surface area contributed by atoms with E-state index in [1.54, 1.807) is 0 Å². The number of nitrogens with zero attached hydrogens (tertiary/aromatic N) is 1. The Labute approximate surface area is 93.3 Å². The molecule has 3 N–H and O–H groups in total. The summed E-state index contributed by atoms with van der Waals surface area (Å²) >= 11 is 0. The number of aryl methyl sites for hydroxylation is 1. The van der Waals surface area contributed by atoms with E-state index >= 15 is 0 Å². The molecule has 2 aromatic rings. The first kappa shape index (κ1) is 10.7. The van der Waals surface area contributed by atoms with Crippen LogP contribution in [0.25, 0.3) is 10.9 Å². The predicted octanol–water partition coefficient (Wildman–Crippen LogP) is 1.64.